The van der Waals surface area contributed by atoms with Gasteiger partial charge in [0.05, 0.1) is 6.04 Å². The Morgan fingerprint density at radius 2 is 1.89 bits per heavy atom. The average molecular weight is 375 g/mol. The van der Waals surface area contributed by atoms with E-state index >= 15 is 0 Å². The Hall–Kier alpha value is -2.93. The normalized spacial score (nSPS) is 15.1. The van der Waals surface area contributed by atoms with E-state index < -0.39 is 5.25 Å². The van der Waals surface area contributed by atoms with Crippen LogP contribution in [0.25, 0.3) is 10.9 Å². The largest absolute Gasteiger partial charge is 0.360 e. The molecule has 6 nitrogen and oxygen atoms in total. The van der Waals surface area contributed by atoms with E-state index in [1.807, 2.05) is 59.3 Å². The molecule has 0 unspecified atom stereocenters. The Kier molecular flexibility index (Phi) is 4.01. The van der Waals surface area contributed by atoms with Gasteiger partial charge < -0.3 is 4.98 Å². The van der Waals surface area contributed by atoms with Gasteiger partial charge in [0.2, 0.25) is 5.16 Å². The van der Waals surface area contributed by atoms with Crippen LogP contribution >= 0.6 is 11.8 Å². The van der Waals surface area contributed by atoms with Gasteiger partial charge in [0.1, 0.15) is 5.25 Å². The lowest BCUT2D eigenvalue weighted by molar-refractivity contribution is 0.0991. The minimum Gasteiger partial charge on any atom is -0.360 e. The minimum absolute atomic E-state index is 0.0500. The van der Waals surface area contributed by atoms with Crippen molar-refractivity contribution in [3.8, 4) is 0 Å². The van der Waals surface area contributed by atoms with E-state index in [0.29, 0.717) is 16.8 Å². The molecular weight excluding hydrogens is 358 g/mol. The molecule has 0 saturated heterocycles. The molecule has 27 heavy (non-hydrogen) atoms. The molecule has 1 N–H and O–H groups in total. The van der Waals surface area contributed by atoms with E-state index in [-0.39, 0.29) is 5.78 Å². The van der Waals surface area contributed by atoms with Crippen LogP contribution in [0.5, 0.6) is 0 Å². The fraction of sp³-hybridized carbons (Fsp3) is 0.200. The summed E-state index contributed by atoms with van der Waals surface area (Å²) in [7, 11) is 0. The highest BCUT2D eigenvalue weighted by Gasteiger charge is 2.32. The predicted octanol–water partition coefficient (Wildman–Crippen LogP) is 4.21. The highest BCUT2D eigenvalue weighted by Crippen LogP contribution is 2.42. The van der Waals surface area contributed by atoms with Gasteiger partial charge in [-0.05, 0) is 34.9 Å². The monoisotopic (exact) mass is 375 g/mol. The van der Waals surface area contributed by atoms with Gasteiger partial charge >= 0.3 is 0 Å². The maximum atomic E-state index is 13.5. The summed E-state index contributed by atoms with van der Waals surface area (Å²) in [6, 6.07) is 18.0. The topological polar surface area (TPSA) is 76.5 Å². The molecule has 5 rings (SSSR count). The number of ketones is 1. The second kappa shape index (κ2) is 6.66. The summed E-state index contributed by atoms with van der Waals surface area (Å²) >= 11 is 1.42. The summed E-state index contributed by atoms with van der Waals surface area (Å²) in [5.74, 6) is 0.0500. The fourth-order valence-corrected chi connectivity index (χ4v) is 4.35. The molecule has 2 aromatic heterocycles. The number of nitrogens with one attached hydrogen (secondary N) is 1. The number of aromatic nitrogens is 5. The molecule has 1 fully saturated rings. The van der Waals surface area contributed by atoms with Crippen molar-refractivity contribution in [2.75, 3.05) is 0 Å². The summed E-state index contributed by atoms with van der Waals surface area (Å²) in [5.41, 5.74) is 2.60. The third-order valence-corrected chi connectivity index (χ3v) is 5.98. The van der Waals surface area contributed by atoms with Crippen molar-refractivity contribution in [3.05, 3.63) is 71.9 Å². The summed E-state index contributed by atoms with van der Waals surface area (Å²) < 4.78 is 1.85. The molecule has 4 aromatic rings. The zero-order valence-electron chi connectivity index (χ0n) is 14.4. The number of Topliss-reactive ketones (excluding diaryl/α,β-unsaturated/α-hetero) is 1. The fourth-order valence-electron chi connectivity index (χ4n) is 3.23. The maximum absolute atomic E-state index is 13.5. The van der Waals surface area contributed by atoms with Gasteiger partial charge in [0.15, 0.2) is 5.78 Å². The molecule has 0 aliphatic heterocycles. The molecular formula is C20H17N5OS. The molecule has 7 heteroatoms. The van der Waals surface area contributed by atoms with Crippen molar-refractivity contribution >= 4 is 28.4 Å². The first-order valence-electron chi connectivity index (χ1n) is 8.91. The smallest absolute Gasteiger partial charge is 0.210 e. The first-order chi connectivity index (χ1) is 13.3. The molecule has 1 aliphatic rings. The maximum Gasteiger partial charge on any atom is 0.210 e. The Morgan fingerprint density at radius 1 is 1.11 bits per heavy atom. The van der Waals surface area contributed by atoms with Crippen molar-refractivity contribution < 1.29 is 4.79 Å². The van der Waals surface area contributed by atoms with E-state index in [0.717, 1.165) is 29.3 Å². The molecule has 1 atom stereocenters. The van der Waals surface area contributed by atoms with Crippen molar-refractivity contribution in [3.63, 3.8) is 0 Å². The number of hydrogen-bond acceptors (Lipinski definition) is 5. The lowest BCUT2D eigenvalue weighted by Crippen LogP contribution is -2.11. The second-order valence-electron chi connectivity index (χ2n) is 6.66. The third-order valence-electron chi connectivity index (χ3n) is 4.77. The summed E-state index contributed by atoms with van der Waals surface area (Å²) in [5, 5.41) is 13.3. The summed E-state index contributed by atoms with van der Waals surface area (Å²) in [6.45, 7) is 0. The summed E-state index contributed by atoms with van der Waals surface area (Å²) in [4.78, 5) is 16.7. The van der Waals surface area contributed by atoms with Gasteiger partial charge in [0, 0.05) is 22.7 Å². The van der Waals surface area contributed by atoms with Crippen LogP contribution in [-0.4, -0.2) is 31.0 Å². The molecule has 134 valence electrons. The summed E-state index contributed by atoms with van der Waals surface area (Å²) in [6.07, 6.45) is 3.98. The predicted molar refractivity (Wildman–Crippen MR) is 104 cm³/mol. The number of tetrazole rings is 1. The van der Waals surface area contributed by atoms with Gasteiger partial charge in [0.25, 0.3) is 0 Å². The Morgan fingerprint density at radius 3 is 2.70 bits per heavy atom. The zero-order chi connectivity index (χ0) is 18.2. The van der Waals surface area contributed by atoms with Crippen LogP contribution in [-0.2, 0) is 0 Å². The average Bonchev–Trinajstić information content (AvgIpc) is 3.29. The standard InChI is InChI=1S/C20H17N5OS/c26-18(16-12-21-17-9-5-4-8-15(16)17)19(13-6-2-1-3-7-13)27-20-22-23-24-25(20)14-10-11-14/h1-9,12,14,19,21H,10-11H2/t19-/m0/s1. The van der Waals surface area contributed by atoms with E-state index in [1.165, 1.54) is 11.8 Å². The number of thioether (sulfide) groups is 1. The number of nitrogens with zero attached hydrogens (tertiary/aromatic N) is 4. The number of H-pyrrole nitrogens is 1. The van der Waals surface area contributed by atoms with Crippen LogP contribution in [0, 0.1) is 0 Å². The van der Waals surface area contributed by atoms with Gasteiger partial charge in [-0.25, -0.2) is 4.68 Å². The number of carbonyl (C=O) groups excluding carboxylic acids is 1. The molecule has 1 saturated carbocycles. The molecule has 0 radical (unpaired) electrons. The second-order valence-corrected chi connectivity index (χ2v) is 7.73. The highest BCUT2D eigenvalue weighted by molar-refractivity contribution is 8.00. The SMILES string of the molecule is O=C(c1c[nH]c2ccccc12)[C@@H](Sc1nnnn1C1CC1)c1ccccc1. The molecule has 2 aromatic carbocycles. The molecule has 0 spiro atoms. The van der Waals surface area contributed by atoms with E-state index in [9.17, 15) is 4.79 Å². The van der Waals surface area contributed by atoms with Gasteiger partial charge in [-0.3, -0.25) is 4.79 Å². The van der Waals surface area contributed by atoms with Crippen molar-refractivity contribution in [2.24, 2.45) is 0 Å². The van der Waals surface area contributed by atoms with Crippen LogP contribution < -0.4 is 0 Å². The van der Waals surface area contributed by atoms with Crippen molar-refractivity contribution in [1.82, 2.24) is 25.2 Å². The Labute approximate surface area is 160 Å². The van der Waals surface area contributed by atoms with Crippen LogP contribution in [0.2, 0.25) is 0 Å². The lowest BCUT2D eigenvalue weighted by atomic mass is 10.0. The number of fused-ring (bicyclic) bond motifs is 1. The molecule has 1 aliphatic carbocycles. The van der Waals surface area contributed by atoms with Gasteiger partial charge in [-0.15, -0.1) is 5.10 Å². The number of aromatic amines is 1. The van der Waals surface area contributed by atoms with Crippen LogP contribution in [0.3, 0.4) is 0 Å². The number of hydrogen-bond donors (Lipinski definition) is 1. The molecule has 0 bridgehead atoms. The van der Waals surface area contributed by atoms with E-state index in [2.05, 4.69) is 20.5 Å². The number of benzene rings is 2. The van der Waals surface area contributed by atoms with Gasteiger partial charge in [-0.2, -0.15) is 0 Å². The third kappa shape index (κ3) is 3.04. The minimum atomic E-state index is -0.408. The quantitative estimate of drug-likeness (QED) is 0.404. The zero-order valence-corrected chi connectivity index (χ0v) is 15.3. The Balaban J connectivity index is 1.55. The van der Waals surface area contributed by atoms with Crippen LogP contribution in [0.1, 0.15) is 40.1 Å². The first-order valence-corrected chi connectivity index (χ1v) is 9.79. The molecule has 0 amide bonds. The molecule has 2 heterocycles. The van der Waals surface area contributed by atoms with Crippen molar-refractivity contribution in [1.29, 1.82) is 0 Å². The van der Waals surface area contributed by atoms with E-state index in [4.69, 9.17) is 0 Å². The van der Waals surface area contributed by atoms with Gasteiger partial charge in [-0.1, -0.05) is 60.3 Å². The number of rotatable bonds is 6. The highest BCUT2D eigenvalue weighted by atomic mass is 32.2. The van der Waals surface area contributed by atoms with Crippen LogP contribution in [0.4, 0.5) is 0 Å². The van der Waals surface area contributed by atoms with Crippen LogP contribution in [0.15, 0.2) is 66.0 Å². The first kappa shape index (κ1) is 16.3. The number of carbonyl (C=O) groups is 1. The number of para-hydroxylation sites is 1. The van der Waals surface area contributed by atoms with Crippen molar-refractivity contribution in [2.45, 2.75) is 29.3 Å². The lowest BCUT2D eigenvalue weighted by Gasteiger charge is -2.15. The van der Waals surface area contributed by atoms with E-state index in [1.54, 1.807) is 6.20 Å². The Bertz CT molecular complexity index is 1100.